The van der Waals surface area contributed by atoms with Gasteiger partial charge in [-0.3, -0.25) is 4.79 Å². The highest BCUT2D eigenvalue weighted by Gasteiger charge is 2.34. The molecule has 0 aliphatic carbocycles. The monoisotopic (exact) mass is 410 g/mol. The molecule has 7 nitrogen and oxygen atoms in total. The van der Waals surface area contributed by atoms with Gasteiger partial charge in [0, 0.05) is 17.7 Å². The molecule has 0 bridgehead atoms. The number of aryl methyl sites for hydroxylation is 2. The number of hydrogen-bond donors (Lipinski definition) is 0. The summed E-state index contributed by atoms with van der Waals surface area (Å²) in [5.74, 6) is 1.91. The van der Waals surface area contributed by atoms with Gasteiger partial charge < -0.3 is 23.4 Å². The van der Waals surface area contributed by atoms with Crippen LogP contribution in [0.2, 0.25) is 0 Å². The molecular formula is C23H22O7. The predicted molar refractivity (Wildman–Crippen MR) is 110 cm³/mol. The van der Waals surface area contributed by atoms with Crippen LogP contribution in [0, 0.1) is 13.8 Å². The quantitative estimate of drug-likeness (QED) is 0.598. The molecule has 156 valence electrons. The van der Waals surface area contributed by atoms with Gasteiger partial charge in [-0.1, -0.05) is 0 Å². The molecule has 4 rings (SSSR count). The van der Waals surface area contributed by atoms with E-state index >= 15 is 0 Å². The van der Waals surface area contributed by atoms with Gasteiger partial charge in [0.2, 0.25) is 0 Å². The first-order chi connectivity index (χ1) is 14.4. The number of ether oxygens (including phenoxy) is 4. The summed E-state index contributed by atoms with van der Waals surface area (Å²) in [6.45, 7) is 3.60. The fourth-order valence-corrected chi connectivity index (χ4v) is 3.99. The largest absolute Gasteiger partial charge is 0.496 e. The molecule has 0 spiro atoms. The number of carbonyl (C=O) groups is 1. The number of benzene rings is 2. The van der Waals surface area contributed by atoms with Gasteiger partial charge in [0.05, 0.1) is 38.7 Å². The third kappa shape index (κ3) is 3.07. The molecule has 1 aliphatic heterocycles. The average Bonchev–Trinajstić information content (AvgIpc) is 2.71. The van der Waals surface area contributed by atoms with E-state index in [9.17, 15) is 9.59 Å². The number of rotatable bonds is 4. The maximum atomic E-state index is 13.1. The topological polar surface area (TPSA) is 84.2 Å². The van der Waals surface area contributed by atoms with Gasteiger partial charge in [-0.15, -0.1) is 0 Å². The number of fused-ring (bicyclic) bond motifs is 3. The minimum atomic E-state index is -0.601. The standard InChI is InChI=1S/C23H22O7/c1-11-6-19-22(12(2)7-20(25)29-19)23-21(11)14(24)9-16(30-23)13-8-17(27-4)18(28-5)10-15(13)26-3/h6-8,10,16H,9H2,1-5H3/t16-/m1/s1. The Kier molecular flexibility index (Phi) is 4.89. The van der Waals surface area contributed by atoms with E-state index in [1.54, 1.807) is 53.4 Å². The number of methoxy groups -OCH3 is 3. The number of Topliss-reactive ketones (excluding diaryl/α,β-unsaturated/α-hetero) is 1. The third-order valence-corrected chi connectivity index (χ3v) is 5.37. The Bertz CT molecular complexity index is 1220. The van der Waals surface area contributed by atoms with E-state index in [1.165, 1.54) is 6.07 Å². The number of carbonyl (C=O) groups excluding carboxylic acids is 1. The first kappa shape index (κ1) is 19.8. The van der Waals surface area contributed by atoms with Gasteiger partial charge in [-0.2, -0.15) is 0 Å². The van der Waals surface area contributed by atoms with Crippen molar-refractivity contribution in [3.8, 4) is 23.0 Å². The maximum Gasteiger partial charge on any atom is 0.336 e. The van der Waals surface area contributed by atoms with Crippen LogP contribution in [0.3, 0.4) is 0 Å². The average molecular weight is 410 g/mol. The lowest BCUT2D eigenvalue weighted by Gasteiger charge is -2.29. The summed E-state index contributed by atoms with van der Waals surface area (Å²) >= 11 is 0. The van der Waals surface area contributed by atoms with Gasteiger partial charge >= 0.3 is 5.63 Å². The molecule has 1 aromatic heterocycles. The van der Waals surface area contributed by atoms with E-state index in [-0.39, 0.29) is 12.2 Å². The van der Waals surface area contributed by atoms with Crippen molar-refractivity contribution in [3.63, 3.8) is 0 Å². The van der Waals surface area contributed by atoms with Crippen molar-refractivity contribution in [1.82, 2.24) is 0 Å². The summed E-state index contributed by atoms with van der Waals surface area (Å²) in [5.41, 5.74) is 2.51. The third-order valence-electron chi connectivity index (χ3n) is 5.37. The minimum absolute atomic E-state index is 0.0527. The van der Waals surface area contributed by atoms with Crippen molar-refractivity contribution in [1.29, 1.82) is 0 Å². The van der Waals surface area contributed by atoms with E-state index in [1.807, 2.05) is 0 Å². The Morgan fingerprint density at radius 3 is 2.20 bits per heavy atom. The Morgan fingerprint density at radius 1 is 0.867 bits per heavy atom. The smallest absolute Gasteiger partial charge is 0.336 e. The number of ketones is 1. The molecule has 1 aliphatic rings. The molecule has 2 aromatic carbocycles. The number of hydrogen-bond acceptors (Lipinski definition) is 7. The highest BCUT2D eigenvalue weighted by Crippen LogP contribution is 2.46. The second-order valence-corrected chi connectivity index (χ2v) is 7.20. The highest BCUT2D eigenvalue weighted by atomic mass is 16.5. The van der Waals surface area contributed by atoms with Crippen LogP contribution < -0.4 is 24.6 Å². The summed E-state index contributed by atoms with van der Waals surface area (Å²) in [6, 6.07) is 6.56. The van der Waals surface area contributed by atoms with Gasteiger partial charge in [-0.25, -0.2) is 4.79 Å². The van der Waals surface area contributed by atoms with Crippen LogP contribution in [-0.4, -0.2) is 27.1 Å². The lowest BCUT2D eigenvalue weighted by molar-refractivity contribution is 0.0849. The fourth-order valence-electron chi connectivity index (χ4n) is 3.99. The summed E-state index contributed by atoms with van der Waals surface area (Å²) in [6.07, 6.45) is -0.461. The maximum absolute atomic E-state index is 13.1. The molecule has 0 amide bonds. The minimum Gasteiger partial charge on any atom is -0.496 e. The summed E-state index contributed by atoms with van der Waals surface area (Å²) in [5, 5.41) is 0.618. The van der Waals surface area contributed by atoms with Gasteiger partial charge in [0.1, 0.15) is 23.2 Å². The summed E-state index contributed by atoms with van der Waals surface area (Å²) in [4.78, 5) is 25.0. The summed E-state index contributed by atoms with van der Waals surface area (Å²) in [7, 11) is 4.62. The molecule has 0 fully saturated rings. The zero-order valence-corrected chi connectivity index (χ0v) is 17.5. The lowest BCUT2D eigenvalue weighted by Crippen LogP contribution is -2.22. The fraction of sp³-hybridized carbons (Fsp3) is 0.304. The lowest BCUT2D eigenvalue weighted by atomic mass is 9.90. The normalized spacial score (nSPS) is 15.5. The van der Waals surface area contributed by atoms with E-state index in [0.717, 1.165) is 0 Å². The molecule has 7 heteroatoms. The molecule has 0 saturated heterocycles. The van der Waals surface area contributed by atoms with Crippen LogP contribution in [0.5, 0.6) is 23.0 Å². The second kappa shape index (κ2) is 7.40. The van der Waals surface area contributed by atoms with Crippen LogP contribution in [0.1, 0.15) is 39.6 Å². The first-order valence-electron chi connectivity index (χ1n) is 9.45. The zero-order valence-electron chi connectivity index (χ0n) is 17.5. The molecule has 0 saturated carbocycles. The Morgan fingerprint density at radius 2 is 1.53 bits per heavy atom. The molecular weight excluding hydrogens is 388 g/mol. The van der Waals surface area contributed by atoms with Crippen LogP contribution in [0.15, 0.2) is 33.5 Å². The van der Waals surface area contributed by atoms with Crippen LogP contribution >= 0.6 is 0 Å². The SMILES string of the molecule is COc1cc(OC)c([C@H]2CC(=O)c3c(C)cc4oc(=O)cc(C)c4c3O2)cc1OC. The van der Waals surface area contributed by atoms with Crippen molar-refractivity contribution in [3.05, 3.63) is 56.9 Å². The van der Waals surface area contributed by atoms with Crippen molar-refractivity contribution in [2.45, 2.75) is 26.4 Å². The van der Waals surface area contributed by atoms with E-state index < -0.39 is 11.7 Å². The second-order valence-electron chi connectivity index (χ2n) is 7.20. The van der Waals surface area contributed by atoms with Crippen molar-refractivity contribution in [2.75, 3.05) is 21.3 Å². The molecule has 0 radical (unpaired) electrons. The van der Waals surface area contributed by atoms with Gasteiger partial charge in [-0.05, 0) is 37.1 Å². The van der Waals surface area contributed by atoms with Crippen LogP contribution in [-0.2, 0) is 0 Å². The Balaban J connectivity index is 1.92. The molecule has 0 unspecified atom stereocenters. The van der Waals surface area contributed by atoms with Gasteiger partial charge in [0.15, 0.2) is 17.3 Å². The highest BCUT2D eigenvalue weighted by molar-refractivity contribution is 6.07. The first-order valence-corrected chi connectivity index (χ1v) is 9.45. The molecule has 1 atom stereocenters. The Labute approximate surface area is 173 Å². The van der Waals surface area contributed by atoms with Crippen molar-refractivity contribution >= 4 is 16.8 Å². The van der Waals surface area contributed by atoms with E-state index in [2.05, 4.69) is 0 Å². The molecule has 2 heterocycles. The van der Waals surface area contributed by atoms with Crippen LogP contribution in [0.25, 0.3) is 11.0 Å². The van der Waals surface area contributed by atoms with E-state index in [4.69, 9.17) is 23.4 Å². The van der Waals surface area contributed by atoms with Gasteiger partial charge in [0.25, 0.3) is 0 Å². The molecule has 30 heavy (non-hydrogen) atoms. The van der Waals surface area contributed by atoms with Crippen molar-refractivity contribution < 1.29 is 28.2 Å². The van der Waals surface area contributed by atoms with Crippen LogP contribution in [0.4, 0.5) is 0 Å². The van der Waals surface area contributed by atoms with Crippen molar-refractivity contribution in [2.24, 2.45) is 0 Å². The molecule has 3 aromatic rings. The summed E-state index contributed by atoms with van der Waals surface area (Å²) < 4.78 is 28.0. The predicted octanol–water partition coefficient (Wildman–Crippen LogP) is 4.14. The zero-order chi connectivity index (χ0) is 21.6. The Hall–Kier alpha value is -3.48. The molecule has 0 N–H and O–H groups in total. The van der Waals surface area contributed by atoms with E-state index in [0.29, 0.717) is 56.2 Å².